The Hall–Kier alpha value is -1.71. The van der Waals surface area contributed by atoms with Crippen LogP contribution in [0.15, 0.2) is 24.3 Å². The number of hydrogen-bond donors (Lipinski definition) is 4. The van der Waals surface area contributed by atoms with Crippen molar-refractivity contribution < 1.29 is 20.0 Å². The fourth-order valence-corrected chi connectivity index (χ4v) is 5.26. The van der Waals surface area contributed by atoms with Crippen molar-refractivity contribution in [1.29, 1.82) is 0 Å². The molecule has 1 aliphatic rings. The molecule has 3 heterocycles. The van der Waals surface area contributed by atoms with Gasteiger partial charge in [0.15, 0.2) is 11.9 Å². The standard InChI is InChI=1S/C19H24ClN5O2S/c1-2-15-21-19-25(22-15)18(27)17(28-19)16(13-3-5-14(20)6-4-13)24-9-7-23(8-10-24)11-12-26/h3-6,16,26-27H,2,7-12H2,1H3/p+2/t16-/m1/s1. The lowest BCUT2D eigenvalue weighted by atomic mass is 10.0. The molecule has 1 atom stereocenters. The summed E-state index contributed by atoms with van der Waals surface area (Å²) in [6, 6.07) is 7.89. The SMILES string of the molecule is CCc1nc2sc([C@@H](c3ccc(Cl)cc3)[NH+]3CC[NH+](CCO)CC3)c(O)n2n1. The van der Waals surface area contributed by atoms with E-state index in [0.29, 0.717) is 5.02 Å². The third kappa shape index (κ3) is 3.75. The maximum Gasteiger partial charge on any atom is 0.235 e. The summed E-state index contributed by atoms with van der Waals surface area (Å²) >= 11 is 7.62. The maximum absolute atomic E-state index is 10.9. The van der Waals surface area contributed by atoms with Crippen LogP contribution in [0.2, 0.25) is 5.02 Å². The molecule has 1 fully saturated rings. The second-order valence-corrected chi connectivity index (χ2v) is 8.68. The summed E-state index contributed by atoms with van der Waals surface area (Å²) in [7, 11) is 0. The molecule has 28 heavy (non-hydrogen) atoms. The van der Waals surface area contributed by atoms with Crippen molar-refractivity contribution in [3.05, 3.63) is 45.6 Å². The zero-order chi connectivity index (χ0) is 19.7. The predicted octanol–water partition coefficient (Wildman–Crippen LogP) is -0.423. The van der Waals surface area contributed by atoms with Gasteiger partial charge in [0.2, 0.25) is 10.8 Å². The van der Waals surface area contributed by atoms with Crippen LogP contribution in [0, 0.1) is 0 Å². The number of nitrogens with zero attached hydrogens (tertiary/aromatic N) is 3. The van der Waals surface area contributed by atoms with Crippen molar-refractivity contribution >= 4 is 27.9 Å². The molecule has 0 bridgehead atoms. The van der Waals surface area contributed by atoms with Crippen LogP contribution in [0.25, 0.3) is 4.96 Å². The molecule has 7 nitrogen and oxygen atoms in total. The van der Waals surface area contributed by atoms with Crippen molar-refractivity contribution in [1.82, 2.24) is 14.6 Å². The van der Waals surface area contributed by atoms with Crippen molar-refractivity contribution in [2.45, 2.75) is 19.4 Å². The van der Waals surface area contributed by atoms with Crippen molar-refractivity contribution in [2.24, 2.45) is 0 Å². The molecule has 0 radical (unpaired) electrons. The lowest BCUT2D eigenvalue weighted by Gasteiger charge is -2.34. The number of fused-ring (bicyclic) bond motifs is 1. The average molecular weight is 424 g/mol. The quantitative estimate of drug-likeness (QED) is 0.434. The van der Waals surface area contributed by atoms with Crippen LogP contribution in [0.5, 0.6) is 5.88 Å². The van der Waals surface area contributed by atoms with Gasteiger partial charge in [0.1, 0.15) is 37.6 Å². The van der Waals surface area contributed by atoms with Gasteiger partial charge in [-0.1, -0.05) is 42.0 Å². The molecule has 1 saturated heterocycles. The Morgan fingerprint density at radius 2 is 1.93 bits per heavy atom. The summed E-state index contributed by atoms with van der Waals surface area (Å²) in [5.74, 6) is 0.925. The van der Waals surface area contributed by atoms with Crippen LogP contribution in [-0.4, -0.2) is 64.1 Å². The topological polar surface area (TPSA) is 79.5 Å². The van der Waals surface area contributed by atoms with Gasteiger partial charge in [0, 0.05) is 17.0 Å². The first-order valence-corrected chi connectivity index (χ1v) is 10.9. The molecule has 0 unspecified atom stereocenters. The molecule has 0 amide bonds. The number of quaternary nitrogens is 2. The van der Waals surface area contributed by atoms with Gasteiger partial charge in [-0.05, 0) is 12.1 Å². The zero-order valence-electron chi connectivity index (χ0n) is 15.9. The van der Waals surface area contributed by atoms with Crippen LogP contribution in [-0.2, 0) is 6.42 Å². The van der Waals surface area contributed by atoms with Crippen LogP contribution >= 0.6 is 22.9 Å². The first-order valence-electron chi connectivity index (χ1n) is 9.72. The Morgan fingerprint density at radius 3 is 2.54 bits per heavy atom. The van der Waals surface area contributed by atoms with Crippen molar-refractivity contribution in [2.75, 3.05) is 39.3 Å². The third-order valence-electron chi connectivity index (χ3n) is 5.50. The van der Waals surface area contributed by atoms with E-state index >= 15 is 0 Å². The Morgan fingerprint density at radius 1 is 1.21 bits per heavy atom. The monoisotopic (exact) mass is 423 g/mol. The average Bonchev–Trinajstić information content (AvgIpc) is 3.24. The van der Waals surface area contributed by atoms with Crippen LogP contribution in [0.4, 0.5) is 0 Å². The Bertz CT molecular complexity index is 934. The predicted molar refractivity (Wildman–Crippen MR) is 109 cm³/mol. The molecule has 0 aliphatic carbocycles. The molecule has 0 spiro atoms. The van der Waals surface area contributed by atoms with E-state index in [0.717, 1.165) is 60.4 Å². The number of benzene rings is 1. The number of aromatic nitrogens is 3. The Balaban J connectivity index is 1.70. The molecule has 1 aromatic carbocycles. The van der Waals surface area contributed by atoms with E-state index in [4.69, 9.17) is 11.6 Å². The highest BCUT2D eigenvalue weighted by Crippen LogP contribution is 2.35. The van der Waals surface area contributed by atoms with E-state index in [1.54, 1.807) is 4.52 Å². The summed E-state index contributed by atoms with van der Waals surface area (Å²) < 4.78 is 1.56. The number of nitrogens with one attached hydrogen (secondary N) is 2. The highest BCUT2D eigenvalue weighted by atomic mass is 35.5. The highest BCUT2D eigenvalue weighted by Gasteiger charge is 2.36. The fraction of sp³-hybridized carbons (Fsp3) is 0.474. The number of aliphatic hydroxyl groups excluding tert-OH is 1. The third-order valence-corrected chi connectivity index (χ3v) is 6.84. The molecule has 2 aromatic heterocycles. The van der Waals surface area contributed by atoms with E-state index < -0.39 is 0 Å². The van der Waals surface area contributed by atoms with Gasteiger partial charge in [-0.2, -0.15) is 4.52 Å². The molecule has 4 rings (SSSR count). The lowest BCUT2D eigenvalue weighted by molar-refractivity contribution is -1.02. The zero-order valence-corrected chi connectivity index (χ0v) is 17.4. The number of thiazole rings is 1. The lowest BCUT2D eigenvalue weighted by Crippen LogP contribution is -3.28. The molecule has 3 aromatic rings. The molecule has 4 N–H and O–H groups in total. The minimum absolute atomic E-state index is 0.00604. The first-order chi connectivity index (χ1) is 13.6. The summed E-state index contributed by atoms with van der Waals surface area (Å²) in [6.45, 7) is 6.96. The van der Waals surface area contributed by atoms with E-state index in [9.17, 15) is 10.2 Å². The van der Waals surface area contributed by atoms with Gasteiger partial charge >= 0.3 is 0 Å². The molecular weight excluding hydrogens is 398 g/mol. The summed E-state index contributed by atoms with van der Waals surface area (Å²) in [4.78, 5) is 8.98. The molecule has 150 valence electrons. The van der Waals surface area contributed by atoms with Crippen molar-refractivity contribution in [3.8, 4) is 5.88 Å². The summed E-state index contributed by atoms with van der Waals surface area (Å²) in [5.41, 5.74) is 1.13. The second kappa shape index (κ2) is 8.34. The van der Waals surface area contributed by atoms with Gasteiger partial charge in [-0.15, -0.1) is 5.10 Å². The Labute approximate surface area is 172 Å². The van der Waals surface area contributed by atoms with Crippen LogP contribution in [0.1, 0.15) is 29.2 Å². The minimum Gasteiger partial charge on any atom is -0.492 e. The molecule has 0 saturated carbocycles. The maximum atomic E-state index is 10.9. The van der Waals surface area contributed by atoms with Crippen LogP contribution in [0.3, 0.4) is 0 Å². The minimum atomic E-state index is 0.00604. The van der Waals surface area contributed by atoms with Gasteiger partial charge in [-0.3, -0.25) is 0 Å². The molecule has 1 aliphatic heterocycles. The summed E-state index contributed by atoms with van der Waals surface area (Å²) in [5, 5.41) is 25.3. The Kier molecular flexibility index (Phi) is 5.84. The van der Waals surface area contributed by atoms with E-state index in [2.05, 4.69) is 10.1 Å². The normalized spacial score (nSPS) is 21.2. The summed E-state index contributed by atoms with van der Waals surface area (Å²) in [6.07, 6.45) is 0.741. The molecular formula is C19H26ClN5O2S+2. The number of rotatable bonds is 6. The van der Waals surface area contributed by atoms with E-state index in [-0.39, 0.29) is 18.5 Å². The van der Waals surface area contributed by atoms with Crippen LogP contribution < -0.4 is 9.80 Å². The van der Waals surface area contributed by atoms with E-state index in [1.165, 1.54) is 21.1 Å². The fourth-order valence-electron chi connectivity index (χ4n) is 3.98. The van der Waals surface area contributed by atoms with E-state index in [1.807, 2.05) is 31.2 Å². The number of aromatic hydroxyl groups is 1. The first kappa shape index (κ1) is 19.6. The number of aliphatic hydroxyl groups is 1. The number of piperazine rings is 1. The van der Waals surface area contributed by atoms with Gasteiger partial charge in [0.05, 0.1) is 6.61 Å². The van der Waals surface area contributed by atoms with Crippen molar-refractivity contribution in [3.63, 3.8) is 0 Å². The highest BCUT2D eigenvalue weighted by molar-refractivity contribution is 7.17. The van der Waals surface area contributed by atoms with Gasteiger partial charge < -0.3 is 20.0 Å². The van der Waals surface area contributed by atoms with Gasteiger partial charge in [-0.25, -0.2) is 4.98 Å². The number of aryl methyl sites for hydroxylation is 1. The number of hydrogen-bond acceptors (Lipinski definition) is 5. The van der Waals surface area contributed by atoms with Gasteiger partial charge in [0.25, 0.3) is 0 Å². The second-order valence-electron chi connectivity index (χ2n) is 7.23. The smallest absolute Gasteiger partial charge is 0.235 e. The number of halogens is 1. The largest absolute Gasteiger partial charge is 0.492 e. The molecule has 9 heteroatoms.